The Hall–Kier alpha value is -2.74. The van der Waals surface area contributed by atoms with Crippen molar-refractivity contribution in [2.75, 3.05) is 15.8 Å². The molecule has 0 spiro atoms. The number of aromatic hydroxyl groups is 2. The minimum Gasteiger partial charge on any atom is -0.508 e. The van der Waals surface area contributed by atoms with Crippen molar-refractivity contribution in [3.63, 3.8) is 0 Å². The molecule has 2 aromatic carbocycles. The Morgan fingerprint density at radius 1 is 0.730 bits per heavy atom. The quantitative estimate of drug-likeness (QED) is 0.0846. The second kappa shape index (κ2) is 16.9. The second-order valence-electron chi connectivity index (χ2n) is 9.72. The Kier molecular flexibility index (Phi) is 13.9. The molecule has 2 aromatic rings. The highest BCUT2D eigenvalue weighted by atomic mass is 32.2. The van der Waals surface area contributed by atoms with Gasteiger partial charge in [-0.3, -0.25) is 9.52 Å². The Morgan fingerprint density at radius 3 is 1.86 bits per heavy atom. The zero-order valence-electron chi connectivity index (χ0n) is 22.2. The fourth-order valence-electron chi connectivity index (χ4n) is 4.29. The maximum absolute atomic E-state index is 12.7. The zero-order valence-corrected chi connectivity index (χ0v) is 23.0. The average molecular weight is 533 g/mol. The molecule has 0 atom stereocenters. The van der Waals surface area contributed by atoms with Crippen LogP contribution in [0.25, 0.3) is 0 Å². The van der Waals surface area contributed by atoms with E-state index in [1.807, 2.05) is 0 Å². The van der Waals surface area contributed by atoms with Gasteiger partial charge in [0.25, 0.3) is 5.91 Å². The topological polar surface area (TPSA) is 116 Å². The van der Waals surface area contributed by atoms with Gasteiger partial charge < -0.3 is 15.5 Å². The van der Waals surface area contributed by atoms with Gasteiger partial charge >= 0.3 is 0 Å². The van der Waals surface area contributed by atoms with Crippen molar-refractivity contribution in [3.05, 3.63) is 48.0 Å². The van der Waals surface area contributed by atoms with Crippen LogP contribution in [0, 0.1) is 0 Å². The normalized spacial score (nSPS) is 11.4. The molecule has 0 aliphatic carbocycles. The molecule has 0 unspecified atom stereocenters. The SMILES string of the molecule is CCCCCCCCCCCCCCCCS(=O)(=O)Nc1ccccc1C(=O)Nc1cc(O)ccc1O. The number of benzene rings is 2. The maximum atomic E-state index is 12.7. The lowest BCUT2D eigenvalue weighted by molar-refractivity contribution is 0.102. The van der Waals surface area contributed by atoms with Crippen LogP contribution in [-0.2, 0) is 10.0 Å². The largest absolute Gasteiger partial charge is 0.508 e. The summed E-state index contributed by atoms with van der Waals surface area (Å²) in [7, 11) is -3.61. The number of unbranched alkanes of at least 4 members (excludes halogenated alkanes) is 13. The first-order chi connectivity index (χ1) is 17.8. The van der Waals surface area contributed by atoms with E-state index in [4.69, 9.17) is 0 Å². The number of hydrogen-bond acceptors (Lipinski definition) is 5. The Labute approximate surface area is 222 Å². The first-order valence-corrected chi connectivity index (χ1v) is 15.4. The molecule has 0 aliphatic heterocycles. The van der Waals surface area contributed by atoms with E-state index in [0.29, 0.717) is 6.42 Å². The molecule has 0 aliphatic rings. The van der Waals surface area contributed by atoms with Crippen LogP contribution in [0.1, 0.15) is 107 Å². The summed E-state index contributed by atoms with van der Waals surface area (Å²) in [5.41, 5.74) is 0.324. The molecule has 206 valence electrons. The predicted octanol–water partition coefficient (Wildman–Crippen LogP) is 7.57. The van der Waals surface area contributed by atoms with E-state index in [9.17, 15) is 23.4 Å². The average Bonchev–Trinajstić information content (AvgIpc) is 2.86. The highest BCUT2D eigenvalue weighted by Gasteiger charge is 2.17. The molecule has 0 bridgehead atoms. The minimum absolute atomic E-state index is 0.00562. The number of nitrogens with one attached hydrogen (secondary N) is 2. The molecule has 2 rings (SSSR count). The van der Waals surface area contributed by atoms with Crippen molar-refractivity contribution < 1.29 is 23.4 Å². The summed E-state index contributed by atoms with van der Waals surface area (Å²) in [4.78, 5) is 12.7. The molecule has 0 radical (unpaired) electrons. The standard InChI is InChI=1S/C29H44N2O5S/c1-2-3-4-5-6-7-8-9-10-11-12-13-14-17-22-37(35,36)31-26-19-16-15-18-25(26)29(34)30-27-23-24(32)20-21-28(27)33/h15-16,18-21,23,31-33H,2-14,17,22H2,1H3,(H,30,34). The van der Waals surface area contributed by atoms with Gasteiger partial charge in [-0.05, 0) is 30.7 Å². The first kappa shape index (κ1) is 30.5. The highest BCUT2D eigenvalue weighted by molar-refractivity contribution is 7.92. The van der Waals surface area contributed by atoms with E-state index in [2.05, 4.69) is 17.0 Å². The molecular weight excluding hydrogens is 488 g/mol. The number of carbonyl (C=O) groups is 1. The molecule has 0 saturated carbocycles. The summed E-state index contributed by atoms with van der Waals surface area (Å²) in [5, 5.41) is 22.0. The lowest BCUT2D eigenvalue weighted by Gasteiger charge is -2.13. The van der Waals surface area contributed by atoms with E-state index in [0.717, 1.165) is 19.3 Å². The van der Waals surface area contributed by atoms with Crippen LogP contribution in [0.2, 0.25) is 0 Å². The summed E-state index contributed by atoms with van der Waals surface area (Å²) < 4.78 is 27.8. The summed E-state index contributed by atoms with van der Waals surface area (Å²) in [5.74, 6) is -0.929. The number of rotatable bonds is 19. The van der Waals surface area contributed by atoms with Crippen LogP contribution >= 0.6 is 0 Å². The van der Waals surface area contributed by atoms with Crippen LogP contribution < -0.4 is 10.0 Å². The number of phenols is 2. The minimum atomic E-state index is -3.61. The third-order valence-electron chi connectivity index (χ3n) is 6.43. The lowest BCUT2D eigenvalue weighted by Crippen LogP contribution is -2.20. The van der Waals surface area contributed by atoms with Gasteiger partial charge in [0.2, 0.25) is 10.0 Å². The summed E-state index contributed by atoms with van der Waals surface area (Å²) in [6.45, 7) is 2.24. The van der Waals surface area contributed by atoms with Crippen LogP contribution in [0.15, 0.2) is 42.5 Å². The summed E-state index contributed by atoms with van der Waals surface area (Å²) >= 11 is 0. The van der Waals surface area contributed by atoms with Crippen LogP contribution in [0.5, 0.6) is 11.5 Å². The first-order valence-electron chi connectivity index (χ1n) is 13.7. The third kappa shape index (κ3) is 12.4. The Morgan fingerprint density at radius 2 is 1.27 bits per heavy atom. The maximum Gasteiger partial charge on any atom is 0.257 e. The number of sulfonamides is 1. The van der Waals surface area contributed by atoms with Crippen molar-refractivity contribution in [1.82, 2.24) is 0 Å². The molecule has 7 nitrogen and oxygen atoms in total. The van der Waals surface area contributed by atoms with Gasteiger partial charge in [0.05, 0.1) is 22.7 Å². The van der Waals surface area contributed by atoms with Crippen molar-refractivity contribution in [2.24, 2.45) is 0 Å². The van der Waals surface area contributed by atoms with Crippen LogP contribution in [0.4, 0.5) is 11.4 Å². The molecule has 8 heteroatoms. The monoisotopic (exact) mass is 532 g/mol. The van der Waals surface area contributed by atoms with E-state index in [1.165, 1.54) is 94.5 Å². The Bertz CT molecular complexity index is 1060. The molecule has 0 fully saturated rings. The van der Waals surface area contributed by atoms with E-state index in [-0.39, 0.29) is 34.2 Å². The van der Waals surface area contributed by atoms with E-state index >= 15 is 0 Å². The smallest absolute Gasteiger partial charge is 0.257 e. The van der Waals surface area contributed by atoms with Gasteiger partial charge in [-0.25, -0.2) is 8.42 Å². The van der Waals surface area contributed by atoms with Crippen molar-refractivity contribution in [3.8, 4) is 11.5 Å². The molecule has 0 saturated heterocycles. The number of amides is 1. The number of para-hydroxylation sites is 1. The van der Waals surface area contributed by atoms with Crippen molar-refractivity contribution >= 4 is 27.3 Å². The number of carbonyl (C=O) groups excluding carboxylic acids is 1. The molecule has 1 amide bonds. The van der Waals surface area contributed by atoms with E-state index < -0.39 is 15.9 Å². The van der Waals surface area contributed by atoms with Gasteiger partial charge in [-0.15, -0.1) is 0 Å². The fourth-order valence-corrected chi connectivity index (χ4v) is 5.49. The molecule has 0 heterocycles. The Balaban J connectivity index is 1.68. The second-order valence-corrected chi connectivity index (χ2v) is 11.6. The molecular formula is C29H44N2O5S. The molecule has 37 heavy (non-hydrogen) atoms. The third-order valence-corrected chi connectivity index (χ3v) is 7.79. The molecule has 4 N–H and O–H groups in total. The number of anilines is 2. The number of hydrogen-bond donors (Lipinski definition) is 4. The molecule has 0 aromatic heterocycles. The summed E-state index contributed by atoms with van der Waals surface area (Å²) in [6, 6.07) is 10.1. The van der Waals surface area contributed by atoms with Crippen LogP contribution in [-0.4, -0.2) is 30.3 Å². The summed E-state index contributed by atoms with van der Waals surface area (Å²) in [6.07, 6.45) is 16.8. The fraction of sp³-hybridized carbons (Fsp3) is 0.552. The van der Waals surface area contributed by atoms with Gasteiger partial charge in [0.1, 0.15) is 11.5 Å². The van der Waals surface area contributed by atoms with Crippen molar-refractivity contribution in [1.29, 1.82) is 0 Å². The predicted molar refractivity (Wildman–Crippen MR) is 152 cm³/mol. The van der Waals surface area contributed by atoms with E-state index in [1.54, 1.807) is 12.1 Å². The van der Waals surface area contributed by atoms with Crippen LogP contribution in [0.3, 0.4) is 0 Å². The highest BCUT2D eigenvalue weighted by Crippen LogP contribution is 2.28. The van der Waals surface area contributed by atoms with Gasteiger partial charge in [0, 0.05) is 6.07 Å². The zero-order chi connectivity index (χ0) is 26.9. The van der Waals surface area contributed by atoms with Gasteiger partial charge in [-0.1, -0.05) is 103 Å². The lowest BCUT2D eigenvalue weighted by atomic mass is 10.0. The van der Waals surface area contributed by atoms with Crippen molar-refractivity contribution in [2.45, 2.75) is 96.8 Å². The van der Waals surface area contributed by atoms with Gasteiger partial charge in [0.15, 0.2) is 0 Å². The number of phenolic OH excluding ortho intramolecular Hbond substituents is 2. The van der Waals surface area contributed by atoms with Gasteiger partial charge in [-0.2, -0.15) is 0 Å².